The summed E-state index contributed by atoms with van der Waals surface area (Å²) in [4.78, 5) is 13.0. The summed E-state index contributed by atoms with van der Waals surface area (Å²) in [5.41, 5.74) is 0.550. The molecule has 0 saturated heterocycles. The number of halogens is 3. The molecule has 4 nitrogen and oxygen atoms in total. The summed E-state index contributed by atoms with van der Waals surface area (Å²) in [6.45, 7) is -1.68. The van der Waals surface area contributed by atoms with Crippen LogP contribution in [-0.2, 0) is 0 Å². The smallest absolute Gasteiger partial charge is 0.255 e. The predicted octanol–water partition coefficient (Wildman–Crippen LogP) is 1.38. The molecule has 114 valence electrons. The van der Waals surface area contributed by atoms with Gasteiger partial charge in [0.05, 0.1) is 18.2 Å². The summed E-state index contributed by atoms with van der Waals surface area (Å²) in [5, 5.41) is 17.6. The molecule has 7 heteroatoms. The Kier molecular flexibility index (Phi) is 7.09. The van der Waals surface area contributed by atoms with E-state index in [1.54, 1.807) is 0 Å². The zero-order chi connectivity index (χ0) is 15.8. The molecule has 21 heavy (non-hydrogen) atoms. The third kappa shape index (κ3) is 5.31. The minimum absolute atomic E-state index is 0.128. The van der Waals surface area contributed by atoms with Crippen LogP contribution >= 0.6 is 11.6 Å². The van der Waals surface area contributed by atoms with Crippen molar-refractivity contribution in [3.8, 4) is 11.8 Å². The van der Waals surface area contributed by atoms with Crippen molar-refractivity contribution in [1.29, 1.82) is 0 Å². The van der Waals surface area contributed by atoms with Gasteiger partial charge in [-0.15, -0.1) is 0 Å². The minimum Gasteiger partial charge on any atom is -0.395 e. The Labute approximate surface area is 125 Å². The largest absolute Gasteiger partial charge is 0.395 e. The van der Waals surface area contributed by atoms with Gasteiger partial charge in [0, 0.05) is 17.7 Å². The Hall–Kier alpha value is -1.68. The van der Waals surface area contributed by atoms with Crippen LogP contribution in [0.15, 0.2) is 18.2 Å². The Morgan fingerprint density at radius 1 is 1.38 bits per heavy atom. The molecule has 0 unspecified atom stereocenters. The second-order valence-electron chi connectivity index (χ2n) is 4.02. The number of hydrogen-bond donors (Lipinski definition) is 2. The van der Waals surface area contributed by atoms with Gasteiger partial charge in [-0.05, 0) is 18.2 Å². The van der Waals surface area contributed by atoms with Gasteiger partial charge < -0.3 is 15.1 Å². The van der Waals surface area contributed by atoms with Crippen LogP contribution in [0.25, 0.3) is 0 Å². The normalized spacial score (nSPS) is 10.2. The number of benzene rings is 1. The number of aliphatic hydroxyl groups is 2. The number of carbonyl (C=O) groups excluding carboxylic acids is 1. The summed E-state index contributed by atoms with van der Waals surface area (Å²) >= 11 is 5.94. The van der Waals surface area contributed by atoms with E-state index >= 15 is 0 Å². The Balaban J connectivity index is 2.97. The lowest BCUT2D eigenvalue weighted by Crippen LogP contribution is -2.37. The van der Waals surface area contributed by atoms with E-state index in [1.807, 2.05) is 0 Å². The number of alkyl halides is 2. The van der Waals surface area contributed by atoms with E-state index in [1.165, 1.54) is 18.2 Å². The third-order valence-electron chi connectivity index (χ3n) is 2.53. The highest BCUT2D eigenvalue weighted by Crippen LogP contribution is 2.18. The molecule has 0 spiro atoms. The second kappa shape index (κ2) is 8.57. The number of nitrogens with zero attached hydrogens (tertiary/aromatic N) is 1. The molecule has 0 radical (unpaired) electrons. The molecule has 0 aliphatic heterocycles. The van der Waals surface area contributed by atoms with Crippen LogP contribution in [0.4, 0.5) is 8.78 Å². The fourth-order valence-electron chi connectivity index (χ4n) is 1.63. The molecule has 1 aromatic carbocycles. The first-order valence-electron chi connectivity index (χ1n) is 6.07. The van der Waals surface area contributed by atoms with E-state index in [2.05, 4.69) is 11.8 Å². The van der Waals surface area contributed by atoms with Crippen molar-refractivity contribution in [3.05, 3.63) is 34.3 Å². The highest BCUT2D eigenvalue weighted by molar-refractivity contribution is 6.32. The lowest BCUT2D eigenvalue weighted by Gasteiger charge is -2.21. The Bertz CT molecular complexity index is 555. The van der Waals surface area contributed by atoms with Crippen molar-refractivity contribution in [1.82, 2.24) is 4.90 Å². The summed E-state index contributed by atoms with van der Waals surface area (Å²) < 4.78 is 24.8. The Morgan fingerprint density at radius 2 is 2.10 bits per heavy atom. The van der Waals surface area contributed by atoms with Crippen molar-refractivity contribution < 1.29 is 23.8 Å². The highest BCUT2D eigenvalue weighted by atomic mass is 35.5. The average Bonchev–Trinajstić information content (AvgIpc) is 2.44. The molecular weight excluding hydrogens is 304 g/mol. The first-order chi connectivity index (χ1) is 9.99. The van der Waals surface area contributed by atoms with Gasteiger partial charge in [-0.25, -0.2) is 8.78 Å². The molecule has 0 aliphatic rings. The van der Waals surface area contributed by atoms with E-state index in [-0.39, 0.29) is 23.7 Å². The zero-order valence-electron chi connectivity index (χ0n) is 11.0. The van der Waals surface area contributed by atoms with Crippen LogP contribution < -0.4 is 0 Å². The molecule has 2 N–H and O–H groups in total. The quantitative estimate of drug-likeness (QED) is 0.807. The summed E-state index contributed by atoms with van der Waals surface area (Å²) in [7, 11) is 0. The maximum absolute atomic E-state index is 12.4. The minimum atomic E-state index is -2.69. The summed E-state index contributed by atoms with van der Waals surface area (Å²) in [6.07, 6.45) is -2.69. The highest BCUT2D eigenvalue weighted by Gasteiger charge is 2.19. The first kappa shape index (κ1) is 17.4. The van der Waals surface area contributed by atoms with Gasteiger partial charge in [0.15, 0.2) is 0 Å². The molecule has 0 fully saturated rings. The summed E-state index contributed by atoms with van der Waals surface area (Å²) in [5.74, 6) is 4.37. The van der Waals surface area contributed by atoms with Crippen molar-refractivity contribution in [2.24, 2.45) is 0 Å². The van der Waals surface area contributed by atoms with Crippen LogP contribution in [-0.4, -0.2) is 53.7 Å². The topological polar surface area (TPSA) is 60.8 Å². The molecule has 0 bridgehead atoms. The molecule has 0 aliphatic carbocycles. The predicted molar refractivity (Wildman–Crippen MR) is 74.4 cm³/mol. The lowest BCUT2D eigenvalue weighted by atomic mass is 10.1. The lowest BCUT2D eigenvalue weighted by molar-refractivity contribution is 0.0509. The van der Waals surface area contributed by atoms with E-state index in [0.717, 1.165) is 4.90 Å². The maximum Gasteiger partial charge on any atom is 0.255 e. The van der Waals surface area contributed by atoms with E-state index in [0.29, 0.717) is 5.56 Å². The van der Waals surface area contributed by atoms with Crippen molar-refractivity contribution in [2.75, 3.05) is 26.3 Å². The molecule has 0 atom stereocenters. The monoisotopic (exact) mass is 317 g/mol. The van der Waals surface area contributed by atoms with Crippen LogP contribution in [0.5, 0.6) is 0 Å². The van der Waals surface area contributed by atoms with Gasteiger partial charge >= 0.3 is 0 Å². The summed E-state index contributed by atoms with van der Waals surface area (Å²) in [6, 6.07) is 4.20. The number of hydrogen-bond acceptors (Lipinski definition) is 3. The Morgan fingerprint density at radius 3 is 2.62 bits per heavy atom. The van der Waals surface area contributed by atoms with E-state index < -0.39 is 25.5 Å². The van der Waals surface area contributed by atoms with Gasteiger partial charge in [0.25, 0.3) is 12.3 Å². The van der Waals surface area contributed by atoms with Gasteiger partial charge in [-0.1, -0.05) is 23.4 Å². The number of rotatable bonds is 5. The fraction of sp³-hybridized carbons (Fsp3) is 0.357. The van der Waals surface area contributed by atoms with Crippen LogP contribution in [0.3, 0.4) is 0 Å². The van der Waals surface area contributed by atoms with Gasteiger partial charge in [0.1, 0.15) is 6.61 Å². The molecule has 0 aromatic heterocycles. The van der Waals surface area contributed by atoms with Crippen molar-refractivity contribution >= 4 is 17.5 Å². The SMILES string of the molecule is O=C(c1ccc(C#CCO)c(Cl)c1)N(CCO)CC(F)F. The molecule has 0 heterocycles. The van der Waals surface area contributed by atoms with Gasteiger partial charge in [0.2, 0.25) is 0 Å². The number of carbonyl (C=O) groups is 1. The average molecular weight is 318 g/mol. The van der Waals surface area contributed by atoms with Crippen LogP contribution in [0, 0.1) is 11.8 Å². The number of aliphatic hydroxyl groups excluding tert-OH is 2. The number of amides is 1. The van der Waals surface area contributed by atoms with E-state index in [9.17, 15) is 13.6 Å². The standard InChI is InChI=1S/C14H14ClF2NO3/c15-12-8-11(4-3-10(12)2-1-6-19)14(21)18(5-7-20)9-13(16)17/h3-4,8,13,19-20H,5-7,9H2. The molecule has 1 rings (SSSR count). The third-order valence-corrected chi connectivity index (χ3v) is 2.85. The van der Waals surface area contributed by atoms with Crippen LogP contribution in [0.1, 0.15) is 15.9 Å². The van der Waals surface area contributed by atoms with Crippen molar-refractivity contribution in [3.63, 3.8) is 0 Å². The maximum atomic E-state index is 12.4. The fourth-order valence-corrected chi connectivity index (χ4v) is 1.86. The molecular formula is C14H14ClF2NO3. The van der Waals surface area contributed by atoms with Gasteiger partial charge in [-0.2, -0.15) is 0 Å². The first-order valence-corrected chi connectivity index (χ1v) is 6.45. The second-order valence-corrected chi connectivity index (χ2v) is 4.43. The molecule has 1 amide bonds. The van der Waals surface area contributed by atoms with Crippen molar-refractivity contribution in [2.45, 2.75) is 6.43 Å². The molecule has 1 aromatic rings. The van der Waals surface area contributed by atoms with E-state index in [4.69, 9.17) is 21.8 Å². The van der Waals surface area contributed by atoms with Crippen LogP contribution in [0.2, 0.25) is 5.02 Å². The molecule has 0 saturated carbocycles. The zero-order valence-corrected chi connectivity index (χ0v) is 11.8. The van der Waals surface area contributed by atoms with Gasteiger partial charge in [-0.3, -0.25) is 4.79 Å².